The summed E-state index contributed by atoms with van der Waals surface area (Å²) in [7, 11) is 0. The van der Waals surface area contributed by atoms with E-state index in [-0.39, 0.29) is 50.4 Å². The van der Waals surface area contributed by atoms with Crippen molar-refractivity contribution in [1.82, 2.24) is 21.0 Å². The molecule has 0 fully saturated rings. The Bertz CT molecular complexity index is 1370. The molecular weight excluding hydrogens is 702 g/mol. The number of quaternary nitrogens is 1. The highest BCUT2D eigenvalue weighted by atomic mass is 16.4. The highest BCUT2D eigenvalue weighted by Crippen LogP contribution is 2.15. The SMILES string of the molecule is [NH3+]NC(CCCCNC(=O)CC=C(NC(=O)c1ccc(CN(CCC(=O)O)C(=O)CCCCCCCCCCCCCCC(=O)O)cc1)C(=O)O)C(=O)O. The van der Waals surface area contributed by atoms with Crippen molar-refractivity contribution in [2.45, 2.75) is 135 Å². The van der Waals surface area contributed by atoms with Crippen molar-refractivity contribution in [2.75, 3.05) is 13.1 Å². The van der Waals surface area contributed by atoms with E-state index in [1.165, 1.54) is 23.5 Å². The van der Waals surface area contributed by atoms with E-state index in [0.717, 1.165) is 70.3 Å². The van der Waals surface area contributed by atoms with Crippen molar-refractivity contribution in [3.63, 3.8) is 0 Å². The van der Waals surface area contributed by atoms with Gasteiger partial charge in [-0.15, -0.1) is 0 Å². The third-order valence-electron chi connectivity index (χ3n) is 8.83. The molecule has 16 nitrogen and oxygen atoms in total. The van der Waals surface area contributed by atoms with Crippen LogP contribution in [0.1, 0.15) is 138 Å². The van der Waals surface area contributed by atoms with E-state index in [2.05, 4.69) is 21.9 Å². The fraction of sp³-hybridized carbons (Fsp3) is 0.605. The zero-order valence-electron chi connectivity index (χ0n) is 31.3. The average molecular weight is 763 g/mol. The number of carbonyl (C=O) groups excluding carboxylic acids is 3. The van der Waals surface area contributed by atoms with Crippen LogP contribution in [0.25, 0.3) is 0 Å². The van der Waals surface area contributed by atoms with Crippen LogP contribution < -0.4 is 21.9 Å². The molecule has 3 amide bonds. The van der Waals surface area contributed by atoms with Gasteiger partial charge in [0.25, 0.3) is 5.91 Å². The number of unbranched alkanes of at least 4 members (excludes halogenated alkanes) is 12. The maximum Gasteiger partial charge on any atom is 0.352 e. The first-order valence-electron chi connectivity index (χ1n) is 18.9. The van der Waals surface area contributed by atoms with Crippen molar-refractivity contribution in [3.05, 3.63) is 47.2 Å². The van der Waals surface area contributed by atoms with Gasteiger partial charge in [0.1, 0.15) is 5.70 Å². The fourth-order valence-electron chi connectivity index (χ4n) is 5.65. The van der Waals surface area contributed by atoms with E-state index in [4.69, 9.17) is 10.2 Å². The summed E-state index contributed by atoms with van der Waals surface area (Å²) < 4.78 is 0. The summed E-state index contributed by atoms with van der Waals surface area (Å²) in [5.74, 6) is -2.18. The lowest BCUT2D eigenvalue weighted by atomic mass is 10.0. The molecule has 0 saturated carbocycles. The lowest BCUT2D eigenvalue weighted by Crippen LogP contribution is -2.70. The lowest BCUT2D eigenvalue weighted by molar-refractivity contribution is -0.449. The monoisotopic (exact) mass is 762 g/mol. The van der Waals surface area contributed by atoms with Gasteiger partial charge in [-0.25, -0.2) is 4.79 Å². The van der Waals surface area contributed by atoms with Crippen molar-refractivity contribution in [3.8, 4) is 0 Å². The minimum atomic E-state index is -1.43. The Hall–Kier alpha value is -4.83. The zero-order chi connectivity index (χ0) is 40.1. The predicted molar refractivity (Wildman–Crippen MR) is 198 cm³/mol. The first-order chi connectivity index (χ1) is 25.8. The number of carboxylic acids is 4. The summed E-state index contributed by atoms with van der Waals surface area (Å²) in [5.41, 5.74) is 2.77. The molecule has 0 radical (unpaired) electrons. The van der Waals surface area contributed by atoms with Gasteiger partial charge >= 0.3 is 23.9 Å². The highest BCUT2D eigenvalue weighted by molar-refractivity contribution is 6.00. The topological polar surface area (TPSA) is 267 Å². The number of aliphatic carboxylic acids is 4. The average Bonchev–Trinajstić information content (AvgIpc) is 3.12. The normalized spacial score (nSPS) is 11.8. The van der Waals surface area contributed by atoms with E-state index in [1.807, 2.05) is 0 Å². The lowest BCUT2D eigenvalue weighted by Gasteiger charge is -2.22. The third kappa shape index (κ3) is 23.0. The molecule has 0 saturated heterocycles. The smallest absolute Gasteiger partial charge is 0.352 e. The molecular formula is C38H60N5O11+. The van der Waals surface area contributed by atoms with Gasteiger partial charge in [0, 0.05) is 44.5 Å². The summed E-state index contributed by atoms with van der Waals surface area (Å²) in [6.07, 6.45) is 14.7. The number of rotatable bonds is 32. The van der Waals surface area contributed by atoms with E-state index in [0.29, 0.717) is 37.7 Å². The van der Waals surface area contributed by atoms with Crippen LogP contribution in [0.3, 0.4) is 0 Å². The molecule has 54 heavy (non-hydrogen) atoms. The Labute approximate surface area is 316 Å². The molecule has 0 aliphatic carbocycles. The van der Waals surface area contributed by atoms with Crippen LogP contribution >= 0.6 is 0 Å². The number of carboxylic acid groups (broad SMARTS) is 4. The van der Waals surface area contributed by atoms with Gasteiger partial charge in [0.05, 0.1) is 6.42 Å². The number of hydrogen-bond acceptors (Lipinski definition) is 8. The second-order valence-corrected chi connectivity index (χ2v) is 13.3. The first-order valence-corrected chi connectivity index (χ1v) is 18.9. The second-order valence-electron chi connectivity index (χ2n) is 13.3. The molecule has 0 aliphatic rings. The predicted octanol–water partition coefficient (Wildman–Crippen LogP) is 3.61. The van der Waals surface area contributed by atoms with Crippen molar-refractivity contribution >= 4 is 41.6 Å². The number of hydrogen-bond donors (Lipinski definition) is 8. The summed E-state index contributed by atoms with van der Waals surface area (Å²) in [6.45, 7) is 0.450. The molecule has 1 aromatic carbocycles. The molecule has 1 unspecified atom stereocenters. The molecule has 10 N–H and O–H groups in total. The van der Waals surface area contributed by atoms with Gasteiger partial charge in [-0.05, 0) is 55.9 Å². The van der Waals surface area contributed by atoms with Gasteiger partial charge in [-0.1, -0.05) is 76.3 Å². The number of nitrogens with one attached hydrogen (secondary N) is 3. The van der Waals surface area contributed by atoms with Gasteiger partial charge < -0.3 is 36.0 Å². The molecule has 0 aromatic heterocycles. The quantitative estimate of drug-likeness (QED) is 0.0297. The van der Waals surface area contributed by atoms with Crippen molar-refractivity contribution in [1.29, 1.82) is 0 Å². The molecule has 1 aromatic rings. The van der Waals surface area contributed by atoms with Crippen LogP contribution in [-0.2, 0) is 35.3 Å². The number of nitrogens with zero attached hydrogens (tertiary/aromatic N) is 1. The Morgan fingerprint density at radius 3 is 1.72 bits per heavy atom. The third-order valence-corrected chi connectivity index (χ3v) is 8.83. The molecule has 1 rings (SSSR count). The zero-order valence-corrected chi connectivity index (χ0v) is 31.3. The molecule has 0 spiro atoms. The second kappa shape index (κ2) is 28.6. The standard InChI is InChI=1S/C38H59N5O11/c39-42-31(38(53)54)15-13-14-25-40-32(44)23-22-30(37(51)52)41-36(50)29-20-18-28(19-21-29)27-43(26-24-35(48)49)33(45)16-11-9-7-5-3-1-2-4-6-8-10-12-17-34(46)47/h18-22,31,42H,1-17,23-27,39H2,(H,40,44)(H,41,50)(H,46,47)(H,48,49)(H,51,52)(H,53,54)/p+1. The fourth-order valence-corrected chi connectivity index (χ4v) is 5.65. The Kier molecular flexibility index (Phi) is 25.0. The van der Waals surface area contributed by atoms with Gasteiger partial charge in [-0.2, -0.15) is 5.43 Å². The molecule has 1 atom stereocenters. The van der Waals surface area contributed by atoms with Crippen LogP contribution in [0.4, 0.5) is 0 Å². The molecule has 0 heterocycles. The Balaban J connectivity index is 2.51. The summed E-state index contributed by atoms with van der Waals surface area (Å²) in [4.78, 5) is 84.0. The largest absolute Gasteiger partial charge is 0.481 e. The minimum Gasteiger partial charge on any atom is -0.481 e. The summed E-state index contributed by atoms with van der Waals surface area (Å²) >= 11 is 0. The Morgan fingerprint density at radius 2 is 1.22 bits per heavy atom. The molecule has 0 bridgehead atoms. The minimum absolute atomic E-state index is 0.0372. The molecule has 0 aliphatic heterocycles. The van der Waals surface area contributed by atoms with Crippen LogP contribution in [-0.4, -0.2) is 86.1 Å². The summed E-state index contributed by atoms with van der Waals surface area (Å²) in [5, 5.41) is 41.4. The number of benzene rings is 1. The van der Waals surface area contributed by atoms with Crippen LogP contribution in [0.15, 0.2) is 36.0 Å². The van der Waals surface area contributed by atoms with Gasteiger partial charge in [0.15, 0.2) is 6.04 Å². The van der Waals surface area contributed by atoms with Crippen LogP contribution in [0.5, 0.6) is 0 Å². The van der Waals surface area contributed by atoms with E-state index >= 15 is 0 Å². The summed E-state index contributed by atoms with van der Waals surface area (Å²) in [6, 6.07) is 5.38. The number of amides is 3. The van der Waals surface area contributed by atoms with Crippen LogP contribution in [0, 0.1) is 0 Å². The number of carbonyl (C=O) groups is 7. The van der Waals surface area contributed by atoms with E-state index in [1.54, 1.807) is 12.1 Å². The molecule has 302 valence electrons. The maximum absolute atomic E-state index is 13.0. The van der Waals surface area contributed by atoms with Gasteiger partial charge in [0.2, 0.25) is 11.8 Å². The van der Waals surface area contributed by atoms with Crippen molar-refractivity contribution in [2.24, 2.45) is 0 Å². The van der Waals surface area contributed by atoms with E-state index in [9.17, 15) is 43.8 Å². The van der Waals surface area contributed by atoms with Crippen LogP contribution in [0.2, 0.25) is 0 Å². The maximum atomic E-state index is 13.0. The van der Waals surface area contributed by atoms with Gasteiger partial charge in [-0.3, -0.25) is 34.6 Å². The van der Waals surface area contributed by atoms with Crippen molar-refractivity contribution < 1.29 is 59.8 Å². The first kappa shape index (κ1) is 47.2. The Morgan fingerprint density at radius 1 is 0.685 bits per heavy atom. The highest BCUT2D eigenvalue weighted by Gasteiger charge is 2.18. The molecule has 16 heteroatoms. The van der Waals surface area contributed by atoms with E-state index < -0.39 is 47.4 Å².